The SMILES string of the molecule is COc1ccc(NC(=O)C(C)Oc2cccc(-n3cnnn3)c2)cc1. The van der Waals surface area contributed by atoms with Gasteiger partial charge in [-0.3, -0.25) is 4.79 Å². The van der Waals surface area contributed by atoms with Gasteiger partial charge in [-0.05, 0) is 53.7 Å². The van der Waals surface area contributed by atoms with Crippen molar-refractivity contribution in [3.8, 4) is 17.2 Å². The summed E-state index contributed by atoms with van der Waals surface area (Å²) >= 11 is 0. The van der Waals surface area contributed by atoms with Gasteiger partial charge in [-0.25, -0.2) is 4.68 Å². The normalized spacial score (nSPS) is 11.6. The molecule has 0 aliphatic heterocycles. The Bertz CT molecular complexity index is 834. The molecule has 1 unspecified atom stereocenters. The monoisotopic (exact) mass is 339 g/mol. The number of anilines is 1. The molecule has 1 heterocycles. The minimum absolute atomic E-state index is 0.252. The van der Waals surface area contributed by atoms with E-state index in [-0.39, 0.29) is 5.91 Å². The summed E-state index contributed by atoms with van der Waals surface area (Å²) < 4.78 is 12.3. The topological polar surface area (TPSA) is 91.2 Å². The number of benzene rings is 2. The van der Waals surface area contributed by atoms with Crippen LogP contribution in [0.25, 0.3) is 5.69 Å². The van der Waals surface area contributed by atoms with E-state index in [0.717, 1.165) is 11.4 Å². The van der Waals surface area contributed by atoms with Gasteiger partial charge in [0.1, 0.15) is 17.8 Å². The molecule has 1 aromatic heterocycles. The van der Waals surface area contributed by atoms with Gasteiger partial charge in [0.2, 0.25) is 0 Å². The molecule has 1 amide bonds. The molecule has 3 rings (SSSR count). The van der Waals surface area contributed by atoms with E-state index in [1.165, 1.54) is 11.0 Å². The largest absolute Gasteiger partial charge is 0.497 e. The summed E-state index contributed by atoms with van der Waals surface area (Å²) in [6.07, 6.45) is 0.810. The molecule has 0 saturated heterocycles. The Balaban J connectivity index is 1.64. The zero-order valence-electron chi connectivity index (χ0n) is 13.8. The Hall–Kier alpha value is -3.42. The predicted molar refractivity (Wildman–Crippen MR) is 90.9 cm³/mol. The number of hydrogen-bond donors (Lipinski definition) is 1. The molecule has 0 aliphatic rings. The third-order valence-electron chi connectivity index (χ3n) is 3.47. The third kappa shape index (κ3) is 4.11. The predicted octanol–water partition coefficient (Wildman–Crippen LogP) is 2.08. The molecule has 2 aromatic carbocycles. The maximum Gasteiger partial charge on any atom is 0.265 e. The van der Waals surface area contributed by atoms with Crippen molar-refractivity contribution in [2.75, 3.05) is 12.4 Å². The van der Waals surface area contributed by atoms with Crippen molar-refractivity contribution >= 4 is 11.6 Å². The number of nitrogens with zero attached hydrogens (tertiary/aromatic N) is 4. The Labute approximate surface area is 144 Å². The van der Waals surface area contributed by atoms with Gasteiger partial charge in [-0.1, -0.05) is 6.07 Å². The van der Waals surface area contributed by atoms with Crippen molar-refractivity contribution in [3.05, 3.63) is 54.9 Å². The number of carbonyl (C=O) groups is 1. The van der Waals surface area contributed by atoms with Crippen LogP contribution >= 0.6 is 0 Å². The van der Waals surface area contributed by atoms with Gasteiger partial charge in [-0.15, -0.1) is 5.10 Å². The van der Waals surface area contributed by atoms with E-state index in [9.17, 15) is 4.79 Å². The molecular formula is C17H17N5O3. The summed E-state index contributed by atoms with van der Waals surface area (Å²) in [6.45, 7) is 1.68. The summed E-state index contributed by atoms with van der Waals surface area (Å²) in [7, 11) is 1.59. The van der Waals surface area contributed by atoms with Crippen molar-refractivity contribution in [1.82, 2.24) is 20.2 Å². The number of ether oxygens (including phenoxy) is 2. The van der Waals surface area contributed by atoms with E-state index < -0.39 is 6.10 Å². The van der Waals surface area contributed by atoms with Crippen LogP contribution < -0.4 is 14.8 Å². The quantitative estimate of drug-likeness (QED) is 0.739. The summed E-state index contributed by atoms with van der Waals surface area (Å²) in [5, 5.41) is 13.8. The molecule has 0 saturated carbocycles. The number of nitrogens with one attached hydrogen (secondary N) is 1. The highest BCUT2D eigenvalue weighted by Gasteiger charge is 2.15. The fourth-order valence-corrected chi connectivity index (χ4v) is 2.15. The van der Waals surface area contributed by atoms with E-state index >= 15 is 0 Å². The minimum Gasteiger partial charge on any atom is -0.497 e. The molecule has 25 heavy (non-hydrogen) atoms. The lowest BCUT2D eigenvalue weighted by Gasteiger charge is -2.15. The molecule has 3 aromatic rings. The first-order valence-electron chi connectivity index (χ1n) is 7.61. The molecular weight excluding hydrogens is 322 g/mol. The van der Waals surface area contributed by atoms with E-state index in [0.29, 0.717) is 11.4 Å². The van der Waals surface area contributed by atoms with Crippen LogP contribution in [0, 0.1) is 0 Å². The van der Waals surface area contributed by atoms with E-state index in [2.05, 4.69) is 20.8 Å². The van der Waals surface area contributed by atoms with Gasteiger partial charge in [0.15, 0.2) is 6.10 Å². The Kier molecular flexibility index (Phi) is 4.89. The lowest BCUT2D eigenvalue weighted by atomic mass is 10.2. The van der Waals surface area contributed by atoms with E-state index in [1.807, 2.05) is 6.07 Å². The standard InChI is InChI=1S/C17H17N5O3/c1-12(17(23)19-13-6-8-15(24-2)9-7-13)25-16-5-3-4-14(10-16)22-11-18-20-21-22/h3-12H,1-2H3,(H,19,23). The van der Waals surface area contributed by atoms with Gasteiger partial charge in [0, 0.05) is 11.8 Å². The Morgan fingerprint density at radius 2 is 1.96 bits per heavy atom. The maximum atomic E-state index is 12.3. The highest BCUT2D eigenvalue weighted by molar-refractivity contribution is 5.94. The van der Waals surface area contributed by atoms with Crippen LogP contribution in [0.1, 0.15) is 6.92 Å². The zero-order chi connectivity index (χ0) is 17.6. The summed E-state index contributed by atoms with van der Waals surface area (Å²) in [5.74, 6) is 1.02. The Morgan fingerprint density at radius 3 is 2.64 bits per heavy atom. The van der Waals surface area contributed by atoms with Gasteiger partial charge in [-0.2, -0.15) is 0 Å². The van der Waals surface area contributed by atoms with Crippen LogP contribution in [0.4, 0.5) is 5.69 Å². The second-order valence-electron chi connectivity index (χ2n) is 5.23. The number of aromatic nitrogens is 4. The van der Waals surface area contributed by atoms with E-state index in [1.54, 1.807) is 56.5 Å². The van der Waals surface area contributed by atoms with Crippen LogP contribution in [0.15, 0.2) is 54.9 Å². The summed E-state index contributed by atoms with van der Waals surface area (Å²) in [4.78, 5) is 12.3. The summed E-state index contributed by atoms with van der Waals surface area (Å²) in [5.41, 5.74) is 1.41. The van der Waals surface area contributed by atoms with Gasteiger partial charge in [0.05, 0.1) is 12.8 Å². The molecule has 8 nitrogen and oxygen atoms in total. The first-order chi connectivity index (χ1) is 12.2. The molecule has 0 spiro atoms. The van der Waals surface area contributed by atoms with Gasteiger partial charge < -0.3 is 14.8 Å². The van der Waals surface area contributed by atoms with Crippen molar-refractivity contribution in [1.29, 1.82) is 0 Å². The maximum absolute atomic E-state index is 12.3. The van der Waals surface area contributed by atoms with Crippen LogP contribution in [0.2, 0.25) is 0 Å². The van der Waals surface area contributed by atoms with Crippen LogP contribution in [0.5, 0.6) is 11.5 Å². The molecule has 8 heteroatoms. The average Bonchev–Trinajstić information content (AvgIpc) is 3.17. The van der Waals surface area contributed by atoms with Crippen molar-refractivity contribution in [2.24, 2.45) is 0 Å². The molecule has 1 atom stereocenters. The second-order valence-corrected chi connectivity index (χ2v) is 5.23. The fraction of sp³-hybridized carbons (Fsp3) is 0.176. The fourth-order valence-electron chi connectivity index (χ4n) is 2.15. The molecule has 0 bridgehead atoms. The number of tetrazole rings is 1. The van der Waals surface area contributed by atoms with Crippen molar-refractivity contribution < 1.29 is 14.3 Å². The first kappa shape index (κ1) is 16.4. The molecule has 1 N–H and O–H groups in total. The van der Waals surface area contributed by atoms with Gasteiger partial charge in [0.25, 0.3) is 5.91 Å². The minimum atomic E-state index is -0.675. The van der Waals surface area contributed by atoms with Crippen molar-refractivity contribution in [2.45, 2.75) is 13.0 Å². The molecule has 128 valence electrons. The molecule has 0 fully saturated rings. The smallest absolute Gasteiger partial charge is 0.265 e. The molecule has 0 aliphatic carbocycles. The lowest BCUT2D eigenvalue weighted by molar-refractivity contribution is -0.122. The highest BCUT2D eigenvalue weighted by atomic mass is 16.5. The summed E-state index contributed by atoms with van der Waals surface area (Å²) in [6, 6.07) is 14.3. The number of hydrogen-bond acceptors (Lipinski definition) is 6. The van der Waals surface area contributed by atoms with Crippen LogP contribution in [0.3, 0.4) is 0 Å². The van der Waals surface area contributed by atoms with Crippen molar-refractivity contribution in [3.63, 3.8) is 0 Å². The van der Waals surface area contributed by atoms with Gasteiger partial charge >= 0.3 is 0 Å². The Morgan fingerprint density at radius 1 is 1.16 bits per heavy atom. The lowest BCUT2D eigenvalue weighted by Crippen LogP contribution is -2.30. The van der Waals surface area contributed by atoms with Crippen LogP contribution in [-0.4, -0.2) is 39.3 Å². The number of amides is 1. The van der Waals surface area contributed by atoms with Crippen LogP contribution in [-0.2, 0) is 4.79 Å². The molecule has 0 radical (unpaired) electrons. The highest BCUT2D eigenvalue weighted by Crippen LogP contribution is 2.18. The first-order valence-corrected chi connectivity index (χ1v) is 7.61. The number of methoxy groups -OCH3 is 1. The number of rotatable bonds is 6. The number of carbonyl (C=O) groups excluding carboxylic acids is 1. The average molecular weight is 339 g/mol. The van der Waals surface area contributed by atoms with E-state index in [4.69, 9.17) is 9.47 Å². The zero-order valence-corrected chi connectivity index (χ0v) is 13.8. The second kappa shape index (κ2) is 7.43. The third-order valence-corrected chi connectivity index (χ3v) is 3.47.